The van der Waals surface area contributed by atoms with E-state index in [1.54, 1.807) is 9.95 Å². The number of esters is 1. The first-order valence-electron chi connectivity index (χ1n) is 7.55. The van der Waals surface area contributed by atoms with Crippen molar-refractivity contribution in [2.24, 2.45) is 7.05 Å². The summed E-state index contributed by atoms with van der Waals surface area (Å²) >= 11 is 1.46. The Morgan fingerprint density at radius 3 is 2.62 bits per heavy atom. The van der Waals surface area contributed by atoms with Crippen molar-refractivity contribution < 1.29 is 9.53 Å². The van der Waals surface area contributed by atoms with E-state index >= 15 is 0 Å². The van der Waals surface area contributed by atoms with Crippen LogP contribution in [0, 0.1) is 13.8 Å². The Kier molecular flexibility index (Phi) is 4.71. The number of aryl methyl sites for hydroxylation is 2. The fraction of sp³-hybridized carbons (Fsp3) is 0.294. The highest BCUT2D eigenvalue weighted by Gasteiger charge is 2.14. The summed E-state index contributed by atoms with van der Waals surface area (Å²) in [4.78, 5) is 16.5. The number of rotatable bonds is 5. The molecule has 7 heteroatoms. The molecule has 0 saturated heterocycles. The number of aromatic nitrogens is 4. The summed E-state index contributed by atoms with van der Waals surface area (Å²) in [5.41, 5.74) is 2.73. The monoisotopic (exact) mass is 342 g/mol. The number of nitrogens with zero attached hydrogens (tertiary/aromatic N) is 4. The average molecular weight is 342 g/mol. The number of ether oxygens (including phenoxy) is 1. The predicted molar refractivity (Wildman–Crippen MR) is 91.0 cm³/mol. The highest BCUT2D eigenvalue weighted by atomic mass is 32.1. The van der Waals surface area contributed by atoms with Crippen LogP contribution in [0.15, 0.2) is 29.6 Å². The fourth-order valence-corrected chi connectivity index (χ4v) is 2.94. The lowest BCUT2D eigenvalue weighted by molar-refractivity contribution is 0.0452. The topological polar surface area (TPSA) is 69.9 Å². The molecule has 124 valence electrons. The average Bonchev–Trinajstić information content (AvgIpc) is 3.16. The first kappa shape index (κ1) is 16.3. The molecule has 3 rings (SSSR count). The van der Waals surface area contributed by atoms with E-state index in [-0.39, 0.29) is 6.61 Å². The lowest BCUT2D eigenvalue weighted by atomic mass is 10.1. The Bertz CT molecular complexity index is 852. The van der Waals surface area contributed by atoms with E-state index in [0.717, 1.165) is 10.8 Å². The quantitative estimate of drug-likeness (QED) is 0.667. The number of benzene rings is 1. The van der Waals surface area contributed by atoms with E-state index in [0.29, 0.717) is 17.9 Å². The molecule has 0 radical (unpaired) electrons. The molecular weight excluding hydrogens is 324 g/mol. The first-order valence-corrected chi connectivity index (χ1v) is 8.43. The van der Waals surface area contributed by atoms with Gasteiger partial charge in [0.2, 0.25) is 0 Å². The van der Waals surface area contributed by atoms with Gasteiger partial charge in [-0.15, -0.1) is 21.5 Å². The zero-order chi connectivity index (χ0) is 17.1. The maximum Gasteiger partial charge on any atom is 0.358 e. The van der Waals surface area contributed by atoms with Gasteiger partial charge in [0, 0.05) is 18.8 Å². The minimum Gasteiger partial charge on any atom is -0.453 e. The van der Waals surface area contributed by atoms with Crippen LogP contribution in [0.4, 0.5) is 0 Å². The molecule has 0 aliphatic carbocycles. The zero-order valence-electron chi connectivity index (χ0n) is 13.8. The number of carbonyl (C=O) groups excluding carboxylic acids is 1. The first-order chi connectivity index (χ1) is 11.5. The summed E-state index contributed by atoms with van der Waals surface area (Å²) < 4.78 is 7.06. The van der Waals surface area contributed by atoms with E-state index in [9.17, 15) is 4.79 Å². The Balaban J connectivity index is 1.61. The normalized spacial score (nSPS) is 10.8. The van der Waals surface area contributed by atoms with Crippen LogP contribution >= 0.6 is 11.3 Å². The number of hydrogen-bond acceptors (Lipinski definition) is 6. The smallest absolute Gasteiger partial charge is 0.358 e. The molecule has 0 aliphatic heterocycles. The molecule has 0 saturated carbocycles. The SMILES string of the molecule is Cc1ccc(Cc2nc(C(=O)OCc3nnc(C)n3C)cs2)cc1. The molecule has 0 atom stereocenters. The molecule has 1 aromatic carbocycles. The third-order valence-corrected chi connectivity index (χ3v) is 4.60. The van der Waals surface area contributed by atoms with Crippen molar-refractivity contribution in [3.63, 3.8) is 0 Å². The van der Waals surface area contributed by atoms with Crippen LogP contribution in [0.2, 0.25) is 0 Å². The highest BCUT2D eigenvalue weighted by molar-refractivity contribution is 7.09. The second-order valence-electron chi connectivity index (χ2n) is 5.59. The summed E-state index contributed by atoms with van der Waals surface area (Å²) in [6.45, 7) is 3.98. The standard InChI is InChI=1S/C17H18N4O2S/c1-11-4-6-13(7-5-11)8-16-18-14(10-24-16)17(22)23-9-15-20-19-12(2)21(15)3/h4-7,10H,8-9H2,1-3H3. The van der Waals surface area contributed by atoms with Crippen LogP contribution in [0.25, 0.3) is 0 Å². The van der Waals surface area contributed by atoms with E-state index in [1.807, 2.05) is 14.0 Å². The van der Waals surface area contributed by atoms with Crippen LogP contribution in [0.3, 0.4) is 0 Å². The van der Waals surface area contributed by atoms with Crippen molar-refractivity contribution in [1.29, 1.82) is 0 Å². The van der Waals surface area contributed by atoms with Crippen molar-refractivity contribution in [2.45, 2.75) is 26.9 Å². The molecule has 3 aromatic rings. The van der Waals surface area contributed by atoms with Crippen molar-refractivity contribution >= 4 is 17.3 Å². The Morgan fingerprint density at radius 2 is 1.96 bits per heavy atom. The van der Waals surface area contributed by atoms with Crippen LogP contribution < -0.4 is 0 Å². The lowest BCUT2D eigenvalue weighted by Gasteiger charge is -2.03. The van der Waals surface area contributed by atoms with Gasteiger partial charge in [-0.1, -0.05) is 29.8 Å². The summed E-state index contributed by atoms with van der Waals surface area (Å²) in [6.07, 6.45) is 0.709. The van der Waals surface area contributed by atoms with Gasteiger partial charge in [-0.2, -0.15) is 0 Å². The van der Waals surface area contributed by atoms with Gasteiger partial charge in [-0.3, -0.25) is 0 Å². The molecule has 0 bridgehead atoms. The third kappa shape index (κ3) is 3.68. The molecule has 6 nitrogen and oxygen atoms in total. The number of carbonyl (C=O) groups is 1. The molecule has 2 heterocycles. The van der Waals surface area contributed by atoms with Gasteiger partial charge in [0.15, 0.2) is 18.1 Å². The second kappa shape index (κ2) is 6.92. The Morgan fingerprint density at radius 1 is 1.21 bits per heavy atom. The molecule has 0 amide bonds. The lowest BCUT2D eigenvalue weighted by Crippen LogP contribution is -2.09. The van der Waals surface area contributed by atoms with Gasteiger partial charge in [-0.25, -0.2) is 9.78 Å². The van der Waals surface area contributed by atoms with Gasteiger partial charge >= 0.3 is 5.97 Å². The van der Waals surface area contributed by atoms with Gasteiger partial charge in [0.25, 0.3) is 0 Å². The summed E-state index contributed by atoms with van der Waals surface area (Å²) in [7, 11) is 1.83. The molecule has 0 unspecified atom stereocenters. The van der Waals surface area contributed by atoms with Crippen molar-refractivity contribution in [2.75, 3.05) is 0 Å². The fourth-order valence-electron chi connectivity index (χ4n) is 2.15. The van der Waals surface area contributed by atoms with Crippen molar-refractivity contribution in [1.82, 2.24) is 19.7 Å². The van der Waals surface area contributed by atoms with Crippen LogP contribution in [0.5, 0.6) is 0 Å². The van der Waals surface area contributed by atoms with Gasteiger partial charge in [-0.05, 0) is 19.4 Å². The van der Waals surface area contributed by atoms with E-state index in [2.05, 4.69) is 46.4 Å². The molecule has 0 fully saturated rings. The maximum atomic E-state index is 12.1. The van der Waals surface area contributed by atoms with Crippen molar-refractivity contribution in [3.8, 4) is 0 Å². The molecule has 24 heavy (non-hydrogen) atoms. The Labute approximate surface area is 144 Å². The van der Waals surface area contributed by atoms with Gasteiger partial charge < -0.3 is 9.30 Å². The highest BCUT2D eigenvalue weighted by Crippen LogP contribution is 2.16. The number of thiazole rings is 1. The van der Waals surface area contributed by atoms with Crippen molar-refractivity contribution in [3.05, 3.63) is 63.1 Å². The molecule has 0 N–H and O–H groups in total. The molecular formula is C17H18N4O2S. The van der Waals surface area contributed by atoms with Gasteiger partial charge in [0.05, 0.1) is 5.01 Å². The van der Waals surface area contributed by atoms with E-state index < -0.39 is 5.97 Å². The zero-order valence-corrected chi connectivity index (χ0v) is 14.6. The van der Waals surface area contributed by atoms with E-state index in [1.165, 1.54) is 22.5 Å². The van der Waals surface area contributed by atoms with Crippen LogP contribution in [0.1, 0.15) is 38.3 Å². The maximum absolute atomic E-state index is 12.1. The van der Waals surface area contributed by atoms with E-state index in [4.69, 9.17) is 4.74 Å². The molecule has 0 aliphatic rings. The molecule has 0 spiro atoms. The third-order valence-electron chi connectivity index (χ3n) is 3.75. The molecule has 2 aromatic heterocycles. The Hall–Kier alpha value is -2.54. The largest absolute Gasteiger partial charge is 0.453 e. The summed E-state index contributed by atoms with van der Waals surface area (Å²) in [5, 5.41) is 10.5. The summed E-state index contributed by atoms with van der Waals surface area (Å²) in [5.74, 6) is 0.938. The van der Waals surface area contributed by atoms with Crippen LogP contribution in [-0.2, 0) is 24.8 Å². The minimum atomic E-state index is -0.443. The minimum absolute atomic E-state index is 0.0843. The predicted octanol–water partition coefficient (Wildman–Crippen LogP) is 2.84. The summed E-state index contributed by atoms with van der Waals surface area (Å²) in [6, 6.07) is 8.29. The van der Waals surface area contributed by atoms with Crippen LogP contribution in [-0.4, -0.2) is 25.7 Å². The number of hydrogen-bond donors (Lipinski definition) is 0. The van der Waals surface area contributed by atoms with Gasteiger partial charge in [0.1, 0.15) is 5.82 Å². The second-order valence-corrected chi connectivity index (χ2v) is 6.53.